The molecule has 5 nitrogen and oxygen atoms in total. The molecule has 1 aliphatic rings. The number of nitrogens with zero attached hydrogens (tertiary/aromatic N) is 1. The van der Waals surface area contributed by atoms with Crippen LogP contribution in [0.5, 0.6) is 0 Å². The Labute approximate surface area is 96.3 Å². The highest BCUT2D eigenvalue weighted by atomic mass is 16.2. The van der Waals surface area contributed by atoms with Gasteiger partial charge in [-0.15, -0.1) is 0 Å². The van der Waals surface area contributed by atoms with Crippen molar-refractivity contribution in [3.05, 3.63) is 0 Å². The van der Waals surface area contributed by atoms with E-state index in [-0.39, 0.29) is 0 Å². The molecule has 0 unspecified atom stereocenters. The summed E-state index contributed by atoms with van der Waals surface area (Å²) >= 11 is 0. The van der Waals surface area contributed by atoms with Crippen LogP contribution in [0.2, 0.25) is 0 Å². The van der Waals surface area contributed by atoms with Crippen molar-refractivity contribution in [1.29, 1.82) is 0 Å². The summed E-state index contributed by atoms with van der Waals surface area (Å²) in [6.45, 7) is 5.70. The molecule has 0 saturated carbocycles. The highest BCUT2D eigenvalue weighted by Crippen LogP contribution is 2.37. The molecule has 92 valence electrons. The number of hydrogen-bond acceptors (Lipinski definition) is 3. The standard InChI is InChI=1S/C11H21N3O2/c1-3-11(4-2)5-7-14(8-6-11)10(16)9(15)13-12/h3-8,12H2,1-2H3,(H,13,15). The van der Waals surface area contributed by atoms with Gasteiger partial charge in [0.05, 0.1) is 0 Å². The number of amides is 2. The van der Waals surface area contributed by atoms with Crippen molar-refractivity contribution < 1.29 is 9.59 Å². The van der Waals surface area contributed by atoms with E-state index in [9.17, 15) is 9.59 Å². The number of carbonyl (C=O) groups is 2. The van der Waals surface area contributed by atoms with E-state index in [2.05, 4.69) is 13.8 Å². The Kier molecular flexibility index (Phi) is 4.29. The van der Waals surface area contributed by atoms with Gasteiger partial charge in [0.15, 0.2) is 0 Å². The van der Waals surface area contributed by atoms with Gasteiger partial charge in [0.25, 0.3) is 0 Å². The Morgan fingerprint density at radius 1 is 1.25 bits per heavy atom. The lowest BCUT2D eigenvalue weighted by molar-refractivity contribution is -0.147. The van der Waals surface area contributed by atoms with E-state index >= 15 is 0 Å². The van der Waals surface area contributed by atoms with Gasteiger partial charge in [-0.2, -0.15) is 0 Å². The highest BCUT2D eigenvalue weighted by molar-refractivity contribution is 6.34. The van der Waals surface area contributed by atoms with E-state index in [4.69, 9.17) is 5.84 Å². The lowest BCUT2D eigenvalue weighted by atomic mass is 9.74. The second-order valence-electron chi connectivity index (χ2n) is 4.47. The van der Waals surface area contributed by atoms with Crippen molar-refractivity contribution in [3.8, 4) is 0 Å². The molecule has 16 heavy (non-hydrogen) atoms. The predicted molar refractivity (Wildman–Crippen MR) is 61.2 cm³/mol. The molecule has 0 aromatic rings. The largest absolute Gasteiger partial charge is 0.334 e. The second-order valence-corrected chi connectivity index (χ2v) is 4.47. The molecule has 0 atom stereocenters. The van der Waals surface area contributed by atoms with E-state index in [0.717, 1.165) is 25.7 Å². The summed E-state index contributed by atoms with van der Waals surface area (Å²) < 4.78 is 0. The molecule has 1 rings (SSSR count). The van der Waals surface area contributed by atoms with Crippen molar-refractivity contribution >= 4 is 11.8 Å². The Bertz CT molecular complexity index is 264. The zero-order valence-corrected chi connectivity index (χ0v) is 10.1. The van der Waals surface area contributed by atoms with Gasteiger partial charge in [0, 0.05) is 13.1 Å². The van der Waals surface area contributed by atoms with Gasteiger partial charge in [0.1, 0.15) is 0 Å². The van der Waals surface area contributed by atoms with Crippen LogP contribution in [0, 0.1) is 5.41 Å². The highest BCUT2D eigenvalue weighted by Gasteiger charge is 2.34. The van der Waals surface area contributed by atoms with Crippen molar-refractivity contribution in [1.82, 2.24) is 10.3 Å². The second kappa shape index (κ2) is 5.30. The SMILES string of the molecule is CCC1(CC)CCN(C(=O)C(=O)NN)CC1. The first kappa shape index (κ1) is 13.0. The smallest absolute Gasteiger partial charge is 0.323 e. The number of rotatable bonds is 2. The molecule has 1 aliphatic heterocycles. The van der Waals surface area contributed by atoms with E-state index in [1.54, 1.807) is 4.90 Å². The first-order chi connectivity index (χ1) is 7.58. The minimum atomic E-state index is -0.722. The molecule has 0 aromatic heterocycles. The van der Waals surface area contributed by atoms with Gasteiger partial charge in [-0.25, -0.2) is 5.84 Å². The van der Waals surface area contributed by atoms with Crippen molar-refractivity contribution in [2.75, 3.05) is 13.1 Å². The molecule has 3 N–H and O–H groups in total. The van der Waals surface area contributed by atoms with E-state index < -0.39 is 11.8 Å². The van der Waals surface area contributed by atoms with Crippen molar-refractivity contribution in [2.24, 2.45) is 11.3 Å². The van der Waals surface area contributed by atoms with Crippen LogP contribution in [0.15, 0.2) is 0 Å². The first-order valence-corrected chi connectivity index (χ1v) is 5.88. The maximum Gasteiger partial charge on any atom is 0.323 e. The third kappa shape index (κ3) is 2.52. The first-order valence-electron chi connectivity index (χ1n) is 5.88. The molecule has 5 heteroatoms. The van der Waals surface area contributed by atoms with Crippen LogP contribution in [-0.2, 0) is 9.59 Å². The van der Waals surface area contributed by atoms with Crippen LogP contribution in [0.4, 0.5) is 0 Å². The number of likely N-dealkylation sites (tertiary alicyclic amines) is 1. The van der Waals surface area contributed by atoms with E-state index in [1.165, 1.54) is 0 Å². The van der Waals surface area contributed by atoms with Crippen molar-refractivity contribution in [2.45, 2.75) is 39.5 Å². The fourth-order valence-corrected chi connectivity index (χ4v) is 2.35. The quantitative estimate of drug-likeness (QED) is 0.310. The monoisotopic (exact) mass is 227 g/mol. The van der Waals surface area contributed by atoms with Crippen LogP contribution in [0.25, 0.3) is 0 Å². The Morgan fingerprint density at radius 2 is 1.75 bits per heavy atom. The molecule has 2 amide bonds. The third-order valence-electron chi connectivity index (χ3n) is 3.94. The van der Waals surface area contributed by atoms with Gasteiger partial charge in [0.2, 0.25) is 0 Å². The fraction of sp³-hybridized carbons (Fsp3) is 0.818. The zero-order valence-electron chi connectivity index (χ0n) is 10.1. The lowest BCUT2D eigenvalue weighted by Crippen LogP contribution is -2.50. The molecular weight excluding hydrogens is 206 g/mol. The minimum absolute atomic E-state index is 0.357. The van der Waals surface area contributed by atoms with Crippen molar-refractivity contribution in [3.63, 3.8) is 0 Å². The number of nitrogens with two attached hydrogens (primary N) is 1. The van der Waals surface area contributed by atoms with Gasteiger partial charge >= 0.3 is 11.8 Å². The molecule has 1 fully saturated rings. The summed E-state index contributed by atoms with van der Waals surface area (Å²) in [5.41, 5.74) is 2.24. The molecule has 1 saturated heterocycles. The number of carbonyl (C=O) groups excluding carboxylic acids is 2. The maximum absolute atomic E-state index is 11.6. The van der Waals surface area contributed by atoms with Crippen LogP contribution in [-0.4, -0.2) is 29.8 Å². The van der Waals surface area contributed by atoms with Gasteiger partial charge in [-0.1, -0.05) is 26.7 Å². The maximum atomic E-state index is 11.6. The minimum Gasteiger partial charge on any atom is -0.334 e. The Morgan fingerprint density at radius 3 is 2.12 bits per heavy atom. The number of piperidine rings is 1. The Balaban J connectivity index is 2.55. The molecule has 0 bridgehead atoms. The molecule has 0 aromatic carbocycles. The van der Waals surface area contributed by atoms with Crippen LogP contribution in [0.3, 0.4) is 0 Å². The summed E-state index contributed by atoms with van der Waals surface area (Å²) in [6, 6.07) is 0. The zero-order chi connectivity index (χ0) is 12.2. The summed E-state index contributed by atoms with van der Waals surface area (Å²) in [4.78, 5) is 24.2. The van der Waals surface area contributed by atoms with Gasteiger partial charge < -0.3 is 4.90 Å². The number of hydrogen-bond donors (Lipinski definition) is 2. The lowest BCUT2D eigenvalue weighted by Gasteiger charge is -2.40. The molecule has 0 spiro atoms. The van der Waals surface area contributed by atoms with Crippen LogP contribution in [0.1, 0.15) is 39.5 Å². The van der Waals surface area contributed by atoms with Crippen LogP contribution >= 0.6 is 0 Å². The van der Waals surface area contributed by atoms with Gasteiger partial charge in [-0.05, 0) is 18.3 Å². The summed E-state index contributed by atoms with van der Waals surface area (Å²) in [6.07, 6.45) is 4.22. The summed E-state index contributed by atoms with van der Waals surface area (Å²) in [5.74, 6) is 3.71. The number of nitrogens with one attached hydrogen (secondary N) is 1. The third-order valence-corrected chi connectivity index (χ3v) is 3.94. The number of hydrazine groups is 1. The molecule has 1 heterocycles. The summed E-state index contributed by atoms with van der Waals surface area (Å²) in [5, 5.41) is 0. The molecule has 0 radical (unpaired) electrons. The van der Waals surface area contributed by atoms with Crippen LogP contribution < -0.4 is 11.3 Å². The average molecular weight is 227 g/mol. The fourth-order valence-electron chi connectivity index (χ4n) is 2.35. The average Bonchev–Trinajstić information content (AvgIpc) is 2.37. The van der Waals surface area contributed by atoms with E-state index in [1.807, 2.05) is 5.43 Å². The van der Waals surface area contributed by atoms with E-state index in [0.29, 0.717) is 18.5 Å². The van der Waals surface area contributed by atoms with Gasteiger partial charge in [-0.3, -0.25) is 15.0 Å². The summed E-state index contributed by atoms with van der Waals surface area (Å²) in [7, 11) is 0. The topological polar surface area (TPSA) is 75.4 Å². The molecular formula is C11H21N3O2. The Hall–Kier alpha value is -1.10. The molecule has 0 aliphatic carbocycles. The normalized spacial score (nSPS) is 19.3. The predicted octanol–water partition coefficient (Wildman–Crippen LogP) is 0.405.